The average Bonchev–Trinajstić information content (AvgIpc) is 3.05. The van der Waals surface area contributed by atoms with E-state index in [4.69, 9.17) is 0 Å². The highest BCUT2D eigenvalue weighted by atomic mass is 32.2. The molecule has 0 fully saturated rings. The third kappa shape index (κ3) is 5.41. The van der Waals surface area contributed by atoms with Gasteiger partial charge in [-0.15, -0.1) is 10.2 Å². The minimum Gasteiger partial charge on any atom is -0.353 e. The summed E-state index contributed by atoms with van der Waals surface area (Å²) in [5, 5.41) is 12.6. The minimum atomic E-state index is 0.0226. The molecule has 0 saturated carbocycles. The largest absolute Gasteiger partial charge is 0.353 e. The molecule has 29 heavy (non-hydrogen) atoms. The Labute approximate surface area is 174 Å². The zero-order valence-corrected chi connectivity index (χ0v) is 17.0. The number of hydrogen-bond donors (Lipinski definition) is 1. The lowest BCUT2D eigenvalue weighted by Crippen LogP contribution is -2.36. The van der Waals surface area contributed by atoms with Crippen molar-refractivity contribution in [1.82, 2.24) is 30.0 Å². The van der Waals surface area contributed by atoms with Crippen LogP contribution in [-0.2, 0) is 30.6 Å². The molecule has 8 heteroatoms. The quantitative estimate of drug-likeness (QED) is 0.477. The molecule has 1 aliphatic rings. The molecule has 1 aliphatic heterocycles. The number of thioether (sulfide) groups is 1. The third-order valence-corrected chi connectivity index (χ3v) is 5.92. The van der Waals surface area contributed by atoms with Crippen molar-refractivity contribution in [3.8, 4) is 0 Å². The zero-order valence-electron chi connectivity index (χ0n) is 16.2. The molecule has 1 aromatic carbocycles. The van der Waals surface area contributed by atoms with Crippen LogP contribution in [-0.4, -0.2) is 42.4 Å². The number of aromatic nitrogens is 5. The van der Waals surface area contributed by atoms with Gasteiger partial charge in [-0.2, -0.15) is 0 Å². The Morgan fingerprint density at radius 1 is 1.07 bits per heavy atom. The number of rotatable bonds is 7. The number of fused-ring (bicyclic) bond motifs is 1. The van der Waals surface area contributed by atoms with Crippen LogP contribution in [0.15, 0.2) is 53.9 Å². The Balaban J connectivity index is 1.28. The molecule has 7 nitrogen and oxygen atoms in total. The van der Waals surface area contributed by atoms with E-state index in [0.717, 1.165) is 50.3 Å². The molecule has 150 valence electrons. The Morgan fingerprint density at radius 3 is 2.72 bits per heavy atom. The van der Waals surface area contributed by atoms with Crippen LogP contribution in [0.3, 0.4) is 0 Å². The van der Waals surface area contributed by atoms with E-state index in [9.17, 15) is 4.79 Å². The number of carbonyl (C=O) groups excluding carboxylic acids is 1. The van der Waals surface area contributed by atoms with Crippen molar-refractivity contribution in [1.29, 1.82) is 0 Å². The topological polar surface area (TPSA) is 85.6 Å². The first-order valence-electron chi connectivity index (χ1n) is 9.92. The molecule has 1 atom stereocenters. The fourth-order valence-electron chi connectivity index (χ4n) is 3.54. The lowest BCUT2D eigenvalue weighted by atomic mass is 10.1. The standard InChI is InChI=1S/C21H24N6OS/c28-20(15-29-21-22-12-4-13-23-21)24-17-8-10-19-26-25-18(27(19)14-11-17)9-7-16-5-2-1-3-6-16/h1-6,12-13,17H,7-11,14-15H2,(H,24,28). The van der Waals surface area contributed by atoms with E-state index in [-0.39, 0.29) is 11.9 Å². The van der Waals surface area contributed by atoms with Crippen molar-refractivity contribution in [2.45, 2.75) is 49.8 Å². The second-order valence-electron chi connectivity index (χ2n) is 7.08. The highest BCUT2D eigenvalue weighted by Crippen LogP contribution is 2.17. The summed E-state index contributed by atoms with van der Waals surface area (Å²) in [7, 11) is 0. The van der Waals surface area contributed by atoms with Gasteiger partial charge >= 0.3 is 0 Å². The monoisotopic (exact) mass is 408 g/mol. The van der Waals surface area contributed by atoms with E-state index in [0.29, 0.717) is 10.9 Å². The normalized spacial score (nSPS) is 16.1. The fourth-order valence-corrected chi connectivity index (χ4v) is 4.15. The predicted molar refractivity (Wildman–Crippen MR) is 111 cm³/mol. The Kier molecular flexibility index (Phi) is 6.51. The number of aryl methyl sites for hydroxylation is 3. The Morgan fingerprint density at radius 2 is 1.90 bits per heavy atom. The van der Waals surface area contributed by atoms with Gasteiger partial charge < -0.3 is 9.88 Å². The van der Waals surface area contributed by atoms with Gasteiger partial charge in [0.2, 0.25) is 5.91 Å². The van der Waals surface area contributed by atoms with Crippen molar-refractivity contribution >= 4 is 17.7 Å². The minimum absolute atomic E-state index is 0.0226. The number of nitrogens with zero attached hydrogens (tertiary/aromatic N) is 5. The maximum Gasteiger partial charge on any atom is 0.230 e. The van der Waals surface area contributed by atoms with E-state index in [2.05, 4.69) is 54.3 Å². The van der Waals surface area contributed by atoms with E-state index >= 15 is 0 Å². The average molecular weight is 409 g/mol. The second kappa shape index (κ2) is 9.65. The SMILES string of the molecule is O=C(CSc1ncccn1)NC1CCc2nnc(CCc3ccccc3)n2CC1. The maximum atomic E-state index is 12.3. The summed E-state index contributed by atoms with van der Waals surface area (Å²) in [5.74, 6) is 2.41. The van der Waals surface area contributed by atoms with E-state index in [1.807, 2.05) is 6.07 Å². The number of hydrogen-bond acceptors (Lipinski definition) is 6. The predicted octanol–water partition coefficient (Wildman–Crippen LogP) is 2.47. The lowest BCUT2D eigenvalue weighted by Gasteiger charge is -2.16. The third-order valence-electron chi connectivity index (χ3n) is 5.04. The number of amides is 1. The van der Waals surface area contributed by atoms with Crippen LogP contribution in [0.4, 0.5) is 0 Å². The van der Waals surface area contributed by atoms with Gasteiger partial charge in [0.15, 0.2) is 5.16 Å². The van der Waals surface area contributed by atoms with Crippen LogP contribution >= 0.6 is 11.8 Å². The van der Waals surface area contributed by atoms with E-state index in [1.165, 1.54) is 17.3 Å². The summed E-state index contributed by atoms with van der Waals surface area (Å²) >= 11 is 1.36. The van der Waals surface area contributed by atoms with Crippen molar-refractivity contribution < 1.29 is 4.79 Å². The summed E-state index contributed by atoms with van der Waals surface area (Å²) in [6, 6.07) is 12.4. The van der Waals surface area contributed by atoms with Crippen molar-refractivity contribution in [2.24, 2.45) is 0 Å². The van der Waals surface area contributed by atoms with Crippen molar-refractivity contribution in [3.63, 3.8) is 0 Å². The molecule has 3 heterocycles. The van der Waals surface area contributed by atoms with Gasteiger partial charge in [-0.1, -0.05) is 42.1 Å². The van der Waals surface area contributed by atoms with Crippen LogP contribution < -0.4 is 5.32 Å². The highest BCUT2D eigenvalue weighted by molar-refractivity contribution is 7.99. The van der Waals surface area contributed by atoms with Gasteiger partial charge in [-0.05, 0) is 30.9 Å². The smallest absolute Gasteiger partial charge is 0.230 e. The van der Waals surface area contributed by atoms with Gasteiger partial charge in [0.05, 0.1) is 5.75 Å². The first kappa shape index (κ1) is 19.6. The summed E-state index contributed by atoms with van der Waals surface area (Å²) < 4.78 is 2.24. The summed E-state index contributed by atoms with van der Waals surface area (Å²) in [6.45, 7) is 0.840. The molecule has 1 unspecified atom stereocenters. The van der Waals surface area contributed by atoms with Gasteiger partial charge in [-0.3, -0.25) is 4.79 Å². The van der Waals surface area contributed by atoms with Crippen LogP contribution in [0.1, 0.15) is 30.1 Å². The van der Waals surface area contributed by atoms with Crippen LogP contribution in [0.2, 0.25) is 0 Å². The summed E-state index contributed by atoms with van der Waals surface area (Å²) in [5.41, 5.74) is 1.31. The van der Waals surface area contributed by atoms with Crippen molar-refractivity contribution in [2.75, 3.05) is 5.75 Å². The first-order chi connectivity index (χ1) is 14.3. The molecular weight excluding hydrogens is 384 g/mol. The Hall–Kier alpha value is -2.74. The summed E-state index contributed by atoms with van der Waals surface area (Å²) in [6.07, 6.45) is 7.81. The Bertz CT molecular complexity index is 931. The molecular formula is C21H24N6OS. The highest BCUT2D eigenvalue weighted by Gasteiger charge is 2.21. The molecule has 4 rings (SSSR count). The molecule has 2 aromatic heterocycles. The molecule has 0 spiro atoms. The fraction of sp³-hybridized carbons (Fsp3) is 0.381. The molecule has 3 aromatic rings. The summed E-state index contributed by atoms with van der Waals surface area (Å²) in [4.78, 5) is 20.6. The van der Waals surface area contributed by atoms with Crippen molar-refractivity contribution in [3.05, 3.63) is 66.0 Å². The van der Waals surface area contributed by atoms with Gasteiger partial charge in [0, 0.05) is 37.8 Å². The second-order valence-corrected chi connectivity index (χ2v) is 8.02. The van der Waals surface area contributed by atoms with Gasteiger partial charge in [0.1, 0.15) is 11.6 Å². The molecule has 1 amide bonds. The number of benzene rings is 1. The zero-order chi connectivity index (χ0) is 19.9. The van der Waals surface area contributed by atoms with Crippen LogP contribution in [0.25, 0.3) is 0 Å². The van der Waals surface area contributed by atoms with Crippen LogP contribution in [0.5, 0.6) is 0 Å². The van der Waals surface area contributed by atoms with E-state index < -0.39 is 0 Å². The molecule has 0 aliphatic carbocycles. The number of nitrogens with one attached hydrogen (secondary N) is 1. The molecule has 1 N–H and O–H groups in total. The molecule has 0 saturated heterocycles. The lowest BCUT2D eigenvalue weighted by molar-refractivity contribution is -0.119. The van der Waals surface area contributed by atoms with Gasteiger partial charge in [0.25, 0.3) is 0 Å². The van der Waals surface area contributed by atoms with E-state index in [1.54, 1.807) is 18.5 Å². The molecule has 0 radical (unpaired) electrons. The number of carbonyl (C=O) groups is 1. The van der Waals surface area contributed by atoms with Crippen LogP contribution in [0, 0.1) is 0 Å². The maximum absolute atomic E-state index is 12.3. The van der Waals surface area contributed by atoms with Gasteiger partial charge in [-0.25, -0.2) is 9.97 Å². The molecule has 0 bridgehead atoms. The first-order valence-corrected chi connectivity index (χ1v) is 10.9.